The van der Waals surface area contributed by atoms with E-state index in [1.54, 1.807) is 36.2 Å². The van der Waals surface area contributed by atoms with Gasteiger partial charge in [0.05, 0.1) is 17.7 Å². The predicted molar refractivity (Wildman–Crippen MR) is 65.6 cm³/mol. The normalized spacial score (nSPS) is 18.7. The molecule has 1 aromatic carbocycles. The number of rotatable bonds is 2. The highest BCUT2D eigenvalue weighted by molar-refractivity contribution is 5.96. The summed E-state index contributed by atoms with van der Waals surface area (Å²) in [4.78, 5) is 13.7. The molecule has 1 aliphatic rings. The van der Waals surface area contributed by atoms with Crippen molar-refractivity contribution in [3.05, 3.63) is 29.8 Å². The molecule has 1 atom stereocenters. The lowest BCUT2D eigenvalue weighted by molar-refractivity contribution is -0.119. The molecule has 1 amide bonds. The van der Waals surface area contributed by atoms with Gasteiger partial charge in [0.25, 0.3) is 0 Å². The second-order valence-corrected chi connectivity index (χ2v) is 4.20. The fraction of sp³-hybridized carbons (Fsp3) is 0.385. The number of nitrogens with zero attached hydrogens (tertiary/aromatic N) is 2. The molecule has 0 spiro atoms. The molecule has 0 radical (unpaired) electrons. The van der Waals surface area contributed by atoms with Crippen LogP contribution < -0.4 is 10.2 Å². The second-order valence-electron chi connectivity index (χ2n) is 4.20. The molecule has 17 heavy (non-hydrogen) atoms. The van der Waals surface area contributed by atoms with Crippen molar-refractivity contribution in [1.29, 1.82) is 5.26 Å². The van der Waals surface area contributed by atoms with Crippen LogP contribution >= 0.6 is 0 Å². The van der Waals surface area contributed by atoms with Crippen molar-refractivity contribution in [3.63, 3.8) is 0 Å². The number of carbonyl (C=O) groups is 1. The molecular weight excluding hydrogens is 214 g/mol. The van der Waals surface area contributed by atoms with Gasteiger partial charge in [-0.05, 0) is 43.7 Å². The SMILES string of the molecule is CN(C(=O)[C@@H]1CCCN1)c1ccc(C#N)cc1. The van der Waals surface area contributed by atoms with Crippen LogP contribution in [0, 0.1) is 11.3 Å². The molecule has 4 nitrogen and oxygen atoms in total. The first-order valence-corrected chi connectivity index (χ1v) is 5.73. The van der Waals surface area contributed by atoms with Crippen LogP contribution in [0.2, 0.25) is 0 Å². The van der Waals surface area contributed by atoms with Crippen LogP contribution in [0.5, 0.6) is 0 Å². The molecule has 1 aliphatic heterocycles. The van der Waals surface area contributed by atoms with Gasteiger partial charge in [-0.3, -0.25) is 4.79 Å². The highest BCUT2D eigenvalue weighted by Crippen LogP contribution is 2.16. The summed E-state index contributed by atoms with van der Waals surface area (Å²) in [6, 6.07) is 9.04. The zero-order valence-corrected chi connectivity index (χ0v) is 9.81. The summed E-state index contributed by atoms with van der Waals surface area (Å²) in [7, 11) is 1.77. The molecular formula is C13H15N3O. The minimum absolute atomic E-state index is 0.0596. The van der Waals surface area contributed by atoms with Crippen molar-refractivity contribution in [2.24, 2.45) is 0 Å². The van der Waals surface area contributed by atoms with Crippen LogP contribution in [-0.4, -0.2) is 25.5 Å². The van der Waals surface area contributed by atoms with Crippen molar-refractivity contribution >= 4 is 11.6 Å². The predicted octanol–water partition coefficient (Wildman–Crippen LogP) is 1.27. The summed E-state index contributed by atoms with van der Waals surface area (Å²) in [5.41, 5.74) is 1.43. The van der Waals surface area contributed by atoms with Crippen LogP contribution in [0.4, 0.5) is 5.69 Å². The van der Waals surface area contributed by atoms with Crippen molar-refractivity contribution in [2.45, 2.75) is 18.9 Å². The number of nitrogens with one attached hydrogen (secondary N) is 1. The highest BCUT2D eigenvalue weighted by atomic mass is 16.2. The van der Waals surface area contributed by atoms with Crippen molar-refractivity contribution in [3.8, 4) is 6.07 Å². The number of hydrogen-bond acceptors (Lipinski definition) is 3. The highest BCUT2D eigenvalue weighted by Gasteiger charge is 2.25. The maximum absolute atomic E-state index is 12.1. The Balaban J connectivity index is 2.10. The van der Waals surface area contributed by atoms with Gasteiger partial charge in [0.2, 0.25) is 5.91 Å². The lowest BCUT2D eigenvalue weighted by Gasteiger charge is -2.21. The standard InChI is InChI=1S/C13H15N3O/c1-16(13(17)12-3-2-8-15-12)11-6-4-10(9-14)5-7-11/h4-7,12,15H,2-3,8H2,1H3/t12-/m0/s1. The Morgan fingerprint density at radius 1 is 1.47 bits per heavy atom. The fourth-order valence-electron chi connectivity index (χ4n) is 2.02. The summed E-state index contributed by atoms with van der Waals surface area (Å²) in [6.45, 7) is 0.914. The zero-order valence-electron chi connectivity index (χ0n) is 9.81. The molecule has 0 bridgehead atoms. The van der Waals surface area contributed by atoms with E-state index in [-0.39, 0.29) is 11.9 Å². The lowest BCUT2D eigenvalue weighted by atomic mass is 10.1. The van der Waals surface area contributed by atoms with Gasteiger partial charge >= 0.3 is 0 Å². The van der Waals surface area contributed by atoms with Crippen LogP contribution in [0.3, 0.4) is 0 Å². The summed E-state index contributed by atoms with van der Waals surface area (Å²) in [5.74, 6) is 0.0900. The van der Waals surface area contributed by atoms with E-state index in [1.165, 1.54) is 0 Å². The van der Waals surface area contributed by atoms with E-state index in [4.69, 9.17) is 5.26 Å². The summed E-state index contributed by atoms with van der Waals surface area (Å²) < 4.78 is 0. The van der Waals surface area contributed by atoms with E-state index in [1.807, 2.05) is 0 Å². The van der Waals surface area contributed by atoms with Crippen LogP contribution in [0.1, 0.15) is 18.4 Å². The molecule has 0 unspecified atom stereocenters. The van der Waals surface area contributed by atoms with Crippen molar-refractivity contribution < 1.29 is 4.79 Å². The molecule has 1 N–H and O–H groups in total. The summed E-state index contributed by atoms with van der Waals surface area (Å²) in [5, 5.41) is 11.9. The molecule has 1 heterocycles. The van der Waals surface area contributed by atoms with Crippen molar-refractivity contribution in [1.82, 2.24) is 5.32 Å². The van der Waals surface area contributed by atoms with E-state index in [0.29, 0.717) is 5.56 Å². The number of amides is 1. The molecule has 1 aromatic rings. The maximum Gasteiger partial charge on any atom is 0.243 e. The van der Waals surface area contributed by atoms with Gasteiger partial charge in [-0.15, -0.1) is 0 Å². The monoisotopic (exact) mass is 229 g/mol. The average Bonchev–Trinajstić information content (AvgIpc) is 2.91. The molecule has 4 heteroatoms. The van der Waals surface area contributed by atoms with Crippen LogP contribution in [0.25, 0.3) is 0 Å². The summed E-state index contributed by atoms with van der Waals surface area (Å²) in [6.07, 6.45) is 1.96. The van der Waals surface area contributed by atoms with E-state index in [2.05, 4.69) is 11.4 Å². The number of carbonyl (C=O) groups excluding carboxylic acids is 1. The number of benzene rings is 1. The Labute approximate surface area is 101 Å². The largest absolute Gasteiger partial charge is 0.314 e. The Bertz CT molecular complexity index is 441. The quantitative estimate of drug-likeness (QED) is 0.831. The molecule has 88 valence electrons. The maximum atomic E-state index is 12.1. The van der Waals surface area contributed by atoms with E-state index >= 15 is 0 Å². The number of anilines is 1. The first-order valence-electron chi connectivity index (χ1n) is 5.73. The Morgan fingerprint density at radius 2 is 2.18 bits per heavy atom. The van der Waals surface area contributed by atoms with Gasteiger partial charge in [0, 0.05) is 12.7 Å². The molecule has 1 fully saturated rings. The molecule has 0 saturated carbocycles. The minimum Gasteiger partial charge on any atom is -0.314 e. The van der Waals surface area contributed by atoms with Gasteiger partial charge in [-0.2, -0.15) is 5.26 Å². The van der Waals surface area contributed by atoms with Crippen LogP contribution in [-0.2, 0) is 4.79 Å². The third kappa shape index (κ3) is 2.45. The average molecular weight is 229 g/mol. The first kappa shape index (κ1) is 11.6. The lowest BCUT2D eigenvalue weighted by Crippen LogP contribution is -2.41. The number of nitriles is 1. The number of hydrogen-bond donors (Lipinski definition) is 1. The third-order valence-corrected chi connectivity index (χ3v) is 3.07. The van der Waals surface area contributed by atoms with Gasteiger partial charge in [0.1, 0.15) is 0 Å². The summed E-state index contributed by atoms with van der Waals surface area (Å²) >= 11 is 0. The minimum atomic E-state index is -0.0596. The van der Waals surface area contributed by atoms with E-state index in [9.17, 15) is 4.79 Å². The van der Waals surface area contributed by atoms with Gasteiger partial charge < -0.3 is 10.2 Å². The van der Waals surface area contributed by atoms with Gasteiger partial charge in [-0.25, -0.2) is 0 Å². The number of likely N-dealkylation sites (N-methyl/N-ethyl adjacent to an activating group) is 1. The Morgan fingerprint density at radius 3 is 2.71 bits per heavy atom. The van der Waals surface area contributed by atoms with Gasteiger partial charge in [-0.1, -0.05) is 0 Å². The van der Waals surface area contributed by atoms with Crippen molar-refractivity contribution in [2.75, 3.05) is 18.5 Å². The smallest absolute Gasteiger partial charge is 0.243 e. The fourth-order valence-corrected chi connectivity index (χ4v) is 2.02. The molecule has 0 aliphatic carbocycles. The zero-order chi connectivity index (χ0) is 12.3. The Hall–Kier alpha value is -1.86. The van der Waals surface area contributed by atoms with E-state index in [0.717, 1.165) is 25.1 Å². The second kappa shape index (κ2) is 4.98. The molecule has 1 saturated heterocycles. The van der Waals surface area contributed by atoms with Crippen LogP contribution in [0.15, 0.2) is 24.3 Å². The topological polar surface area (TPSA) is 56.1 Å². The van der Waals surface area contributed by atoms with E-state index < -0.39 is 0 Å². The molecule has 0 aromatic heterocycles. The van der Waals surface area contributed by atoms with Gasteiger partial charge in [0.15, 0.2) is 0 Å². The Kier molecular flexibility index (Phi) is 3.40. The molecule has 2 rings (SSSR count). The third-order valence-electron chi connectivity index (χ3n) is 3.07. The first-order chi connectivity index (χ1) is 8.22.